The van der Waals surface area contributed by atoms with E-state index in [9.17, 15) is 4.39 Å². The van der Waals surface area contributed by atoms with Crippen molar-refractivity contribution in [3.63, 3.8) is 0 Å². The average molecular weight is 287 g/mol. The van der Waals surface area contributed by atoms with Gasteiger partial charge in [0.1, 0.15) is 6.61 Å². The van der Waals surface area contributed by atoms with Crippen LogP contribution in [0, 0.1) is 5.82 Å². The highest BCUT2D eigenvalue weighted by Gasteiger charge is 2.15. The highest BCUT2D eigenvalue weighted by molar-refractivity contribution is 5.37. The molecular formula is C18H22FNO. The van der Waals surface area contributed by atoms with Gasteiger partial charge in [-0.15, -0.1) is 0 Å². The van der Waals surface area contributed by atoms with Crippen molar-refractivity contribution in [3.8, 4) is 5.75 Å². The summed E-state index contributed by atoms with van der Waals surface area (Å²) in [5, 5.41) is 3.37. The summed E-state index contributed by atoms with van der Waals surface area (Å²) in [7, 11) is 0. The number of nitrogens with one attached hydrogen (secondary N) is 1. The molecule has 0 bridgehead atoms. The zero-order valence-corrected chi connectivity index (χ0v) is 12.6. The molecule has 2 rings (SSSR count). The lowest BCUT2D eigenvalue weighted by Gasteiger charge is -2.18. The smallest absolute Gasteiger partial charge is 0.165 e. The summed E-state index contributed by atoms with van der Waals surface area (Å²) < 4.78 is 19.8. The molecule has 0 fully saturated rings. The van der Waals surface area contributed by atoms with Crippen LogP contribution in [0.5, 0.6) is 5.75 Å². The van der Waals surface area contributed by atoms with Crippen molar-refractivity contribution < 1.29 is 9.13 Å². The lowest BCUT2D eigenvalue weighted by Crippen LogP contribution is -2.20. The van der Waals surface area contributed by atoms with Gasteiger partial charge in [0.05, 0.1) is 0 Å². The van der Waals surface area contributed by atoms with Gasteiger partial charge in [-0.1, -0.05) is 49.4 Å². The summed E-state index contributed by atoms with van der Waals surface area (Å²) in [6, 6.07) is 14.9. The van der Waals surface area contributed by atoms with Gasteiger partial charge in [-0.3, -0.25) is 0 Å². The molecule has 2 nitrogen and oxygen atoms in total. The minimum atomic E-state index is -0.312. The Labute approximate surface area is 126 Å². The summed E-state index contributed by atoms with van der Waals surface area (Å²) in [4.78, 5) is 0. The molecule has 0 amide bonds. The molecule has 0 aromatic heterocycles. The summed E-state index contributed by atoms with van der Waals surface area (Å²) in [6.07, 6.45) is 1.04. The standard InChI is InChI=1S/C18H22FNO/c1-3-12-20-14(2)16-10-7-11-17(19)18(16)21-13-15-8-5-4-6-9-15/h4-11,14,20H,3,12-13H2,1-2H3. The maximum atomic E-state index is 14.1. The molecule has 0 saturated heterocycles. The number of ether oxygens (including phenoxy) is 1. The Balaban J connectivity index is 2.13. The van der Waals surface area contributed by atoms with Crippen LogP contribution in [0.15, 0.2) is 48.5 Å². The lowest BCUT2D eigenvalue weighted by molar-refractivity contribution is 0.283. The van der Waals surface area contributed by atoms with Gasteiger partial charge in [0, 0.05) is 11.6 Å². The summed E-state index contributed by atoms with van der Waals surface area (Å²) in [5.41, 5.74) is 1.89. The molecule has 1 unspecified atom stereocenters. The van der Waals surface area contributed by atoms with Crippen molar-refractivity contribution >= 4 is 0 Å². The Morgan fingerprint density at radius 3 is 2.57 bits per heavy atom. The number of benzene rings is 2. The number of halogens is 1. The minimum Gasteiger partial charge on any atom is -0.485 e. The number of hydrogen-bond donors (Lipinski definition) is 1. The van der Waals surface area contributed by atoms with Crippen LogP contribution in [-0.4, -0.2) is 6.54 Å². The number of hydrogen-bond acceptors (Lipinski definition) is 2. The molecule has 0 saturated carbocycles. The fourth-order valence-electron chi connectivity index (χ4n) is 2.22. The summed E-state index contributed by atoms with van der Waals surface area (Å²) >= 11 is 0. The van der Waals surface area contributed by atoms with Gasteiger partial charge in [0.15, 0.2) is 11.6 Å². The van der Waals surface area contributed by atoms with E-state index in [0.717, 1.165) is 24.1 Å². The van der Waals surface area contributed by atoms with Gasteiger partial charge in [-0.05, 0) is 31.5 Å². The molecule has 2 aromatic rings. The normalized spacial score (nSPS) is 12.1. The van der Waals surface area contributed by atoms with Crippen molar-refractivity contribution in [1.29, 1.82) is 0 Å². The van der Waals surface area contributed by atoms with E-state index in [0.29, 0.717) is 12.4 Å². The van der Waals surface area contributed by atoms with E-state index >= 15 is 0 Å². The molecule has 112 valence electrons. The topological polar surface area (TPSA) is 21.3 Å². The van der Waals surface area contributed by atoms with Gasteiger partial charge in [-0.25, -0.2) is 4.39 Å². The molecule has 2 aromatic carbocycles. The van der Waals surface area contributed by atoms with E-state index in [1.807, 2.05) is 43.3 Å². The summed E-state index contributed by atoms with van der Waals surface area (Å²) in [5.74, 6) is 0.0334. The first-order valence-electron chi connectivity index (χ1n) is 7.41. The molecule has 1 N–H and O–H groups in total. The van der Waals surface area contributed by atoms with E-state index in [1.54, 1.807) is 6.07 Å². The van der Waals surface area contributed by atoms with E-state index < -0.39 is 0 Å². The van der Waals surface area contributed by atoms with Gasteiger partial charge >= 0.3 is 0 Å². The maximum Gasteiger partial charge on any atom is 0.165 e. The quantitative estimate of drug-likeness (QED) is 0.811. The Bertz CT molecular complexity index is 556. The van der Waals surface area contributed by atoms with Crippen molar-refractivity contribution in [2.75, 3.05) is 6.54 Å². The largest absolute Gasteiger partial charge is 0.485 e. The Kier molecular flexibility index (Phi) is 5.76. The molecule has 0 spiro atoms. The SMILES string of the molecule is CCCNC(C)c1cccc(F)c1OCc1ccccc1. The first kappa shape index (κ1) is 15.5. The molecule has 0 heterocycles. The third kappa shape index (κ3) is 4.30. The fraction of sp³-hybridized carbons (Fsp3) is 0.333. The Hall–Kier alpha value is -1.87. The van der Waals surface area contributed by atoms with Crippen molar-refractivity contribution in [2.24, 2.45) is 0 Å². The molecule has 1 atom stereocenters. The predicted molar refractivity (Wildman–Crippen MR) is 83.9 cm³/mol. The second-order valence-electron chi connectivity index (χ2n) is 5.11. The van der Waals surface area contributed by atoms with Crippen molar-refractivity contribution in [1.82, 2.24) is 5.32 Å². The molecule has 3 heteroatoms. The number of para-hydroxylation sites is 1. The van der Waals surface area contributed by atoms with E-state index in [-0.39, 0.29) is 11.9 Å². The highest BCUT2D eigenvalue weighted by atomic mass is 19.1. The zero-order valence-electron chi connectivity index (χ0n) is 12.6. The van der Waals surface area contributed by atoms with E-state index in [1.165, 1.54) is 6.07 Å². The average Bonchev–Trinajstić information content (AvgIpc) is 2.52. The molecular weight excluding hydrogens is 265 g/mol. The predicted octanol–water partition coefficient (Wildman–Crippen LogP) is 4.47. The molecule has 0 radical (unpaired) electrons. The highest BCUT2D eigenvalue weighted by Crippen LogP contribution is 2.28. The Morgan fingerprint density at radius 2 is 1.86 bits per heavy atom. The van der Waals surface area contributed by atoms with Crippen LogP contribution in [0.25, 0.3) is 0 Å². The van der Waals surface area contributed by atoms with Gasteiger partial charge in [0.25, 0.3) is 0 Å². The minimum absolute atomic E-state index is 0.0615. The van der Waals surface area contributed by atoms with Gasteiger partial charge in [0.2, 0.25) is 0 Å². The van der Waals surface area contributed by atoms with Crippen LogP contribution >= 0.6 is 0 Å². The van der Waals surface area contributed by atoms with Crippen LogP contribution in [0.4, 0.5) is 4.39 Å². The van der Waals surface area contributed by atoms with Crippen LogP contribution in [0.3, 0.4) is 0 Å². The number of rotatable bonds is 7. The second kappa shape index (κ2) is 7.79. The van der Waals surface area contributed by atoms with E-state index in [2.05, 4.69) is 12.2 Å². The second-order valence-corrected chi connectivity index (χ2v) is 5.11. The van der Waals surface area contributed by atoms with Crippen molar-refractivity contribution in [2.45, 2.75) is 32.9 Å². The molecule has 0 aliphatic rings. The van der Waals surface area contributed by atoms with Gasteiger partial charge < -0.3 is 10.1 Å². The monoisotopic (exact) mass is 287 g/mol. The first-order chi connectivity index (χ1) is 10.2. The molecule has 21 heavy (non-hydrogen) atoms. The maximum absolute atomic E-state index is 14.1. The third-order valence-electron chi connectivity index (χ3n) is 3.39. The van der Waals surface area contributed by atoms with Gasteiger partial charge in [-0.2, -0.15) is 0 Å². The summed E-state index contributed by atoms with van der Waals surface area (Å²) in [6.45, 7) is 5.41. The molecule has 0 aliphatic heterocycles. The lowest BCUT2D eigenvalue weighted by atomic mass is 10.1. The van der Waals surface area contributed by atoms with Crippen LogP contribution < -0.4 is 10.1 Å². The van der Waals surface area contributed by atoms with Crippen LogP contribution in [0.2, 0.25) is 0 Å². The zero-order chi connectivity index (χ0) is 15.1. The third-order valence-corrected chi connectivity index (χ3v) is 3.39. The first-order valence-corrected chi connectivity index (χ1v) is 7.41. The van der Waals surface area contributed by atoms with Crippen molar-refractivity contribution in [3.05, 3.63) is 65.5 Å². The molecule has 0 aliphatic carbocycles. The fourth-order valence-corrected chi connectivity index (χ4v) is 2.22. The van der Waals surface area contributed by atoms with Crippen LogP contribution in [0.1, 0.15) is 37.4 Å². The Morgan fingerprint density at radius 1 is 1.10 bits per heavy atom. The van der Waals surface area contributed by atoms with Crippen LogP contribution in [-0.2, 0) is 6.61 Å². The van der Waals surface area contributed by atoms with E-state index in [4.69, 9.17) is 4.74 Å².